The molecular formula is C16H23Cl2N5O2. The molecule has 9 heteroatoms. The van der Waals surface area contributed by atoms with Crippen LogP contribution in [0.25, 0.3) is 0 Å². The summed E-state index contributed by atoms with van der Waals surface area (Å²) in [5.41, 5.74) is 7.18. The number of hydrogen-bond donors (Lipinski definition) is 3. The van der Waals surface area contributed by atoms with Crippen molar-refractivity contribution >= 4 is 36.7 Å². The average molecular weight is 388 g/mol. The van der Waals surface area contributed by atoms with Crippen molar-refractivity contribution in [3.05, 3.63) is 33.8 Å². The molecule has 1 amide bonds. The van der Waals surface area contributed by atoms with Crippen molar-refractivity contribution in [2.45, 2.75) is 37.1 Å². The van der Waals surface area contributed by atoms with E-state index in [1.165, 1.54) is 0 Å². The maximum Gasteiger partial charge on any atom is 0.255 e. The van der Waals surface area contributed by atoms with E-state index in [0.29, 0.717) is 13.1 Å². The molecule has 2 aliphatic heterocycles. The number of aromatic nitrogens is 2. The van der Waals surface area contributed by atoms with E-state index in [0.717, 1.165) is 43.5 Å². The van der Waals surface area contributed by atoms with Gasteiger partial charge in [-0.05, 0) is 25.7 Å². The zero-order valence-corrected chi connectivity index (χ0v) is 15.4. The van der Waals surface area contributed by atoms with Crippen molar-refractivity contribution in [2.75, 3.05) is 25.4 Å². The number of nitrogens with one attached hydrogen (secondary N) is 2. The smallest absolute Gasteiger partial charge is 0.255 e. The van der Waals surface area contributed by atoms with Crippen molar-refractivity contribution in [3.8, 4) is 0 Å². The van der Waals surface area contributed by atoms with Crippen LogP contribution in [0.15, 0.2) is 16.9 Å². The average Bonchev–Trinajstić information content (AvgIpc) is 3.17. The van der Waals surface area contributed by atoms with E-state index >= 15 is 0 Å². The standard InChI is InChI=1S/C16H21N5O2.2ClH/c17-15-19-12-10(13(22)20-15)3-4-16(12)5-8-21(9-6-16)14(23)11-2-1-7-18-11;;/h1-2,11,18H,3-9H2,(H3,17,19,20,22);2*1H. The van der Waals surface area contributed by atoms with Crippen LogP contribution in [0.5, 0.6) is 0 Å². The summed E-state index contributed by atoms with van der Waals surface area (Å²) in [4.78, 5) is 33.5. The highest BCUT2D eigenvalue weighted by Crippen LogP contribution is 2.44. The van der Waals surface area contributed by atoms with Gasteiger partial charge in [0.25, 0.3) is 5.56 Å². The molecule has 1 saturated heterocycles. The summed E-state index contributed by atoms with van der Waals surface area (Å²) in [7, 11) is 0. The fraction of sp³-hybridized carbons (Fsp3) is 0.562. The lowest BCUT2D eigenvalue weighted by Crippen LogP contribution is -2.50. The number of nitrogens with two attached hydrogens (primary N) is 1. The monoisotopic (exact) mass is 387 g/mol. The number of carbonyl (C=O) groups is 1. The number of carbonyl (C=O) groups excluding carboxylic acids is 1. The van der Waals surface area contributed by atoms with Crippen LogP contribution in [0.3, 0.4) is 0 Å². The molecule has 1 aliphatic carbocycles. The summed E-state index contributed by atoms with van der Waals surface area (Å²) in [6.45, 7) is 2.17. The topological polar surface area (TPSA) is 104 Å². The molecule has 3 aliphatic rings. The van der Waals surface area contributed by atoms with E-state index in [9.17, 15) is 9.59 Å². The molecule has 0 aromatic carbocycles. The number of H-pyrrole nitrogens is 1. The number of hydrogen-bond acceptors (Lipinski definition) is 5. The second-order valence-corrected chi connectivity index (χ2v) is 6.70. The number of rotatable bonds is 1. The quantitative estimate of drug-likeness (QED) is 0.609. The van der Waals surface area contributed by atoms with Gasteiger partial charge >= 0.3 is 0 Å². The van der Waals surface area contributed by atoms with Crippen LogP contribution < -0.4 is 16.6 Å². The van der Waals surface area contributed by atoms with Crippen LogP contribution >= 0.6 is 24.8 Å². The molecule has 25 heavy (non-hydrogen) atoms. The van der Waals surface area contributed by atoms with E-state index in [2.05, 4.69) is 15.3 Å². The summed E-state index contributed by atoms with van der Waals surface area (Å²) in [5.74, 6) is 0.332. The Hall–Kier alpha value is -1.57. The molecule has 0 saturated carbocycles. The maximum atomic E-state index is 12.5. The highest BCUT2D eigenvalue weighted by molar-refractivity contribution is 5.85. The third-order valence-corrected chi connectivity index (χ3v) is 5.47. The van der Waals surface area contributed by atoms with Gasteiger partial charge in [-0.3, -0.25) is 19.9 Å². The molecule has 1 spiro atoms. The van der Waals surface area contributed by atoms with Crippen LogP contribution in [0.4, 0.5) is 5.95 Å². The Morgan fingerprint density at radius 3 is 2.64 bits per heavy atom. The zero-order chi connectivity index (χ0) is 16.0. The van der Waals surface area contributed by atoms with Crippen LogP contribution in [-0.2, 0) is 16.6 Å². The van der Waals surface area contributed by atoms with Gasteiger partial charge in [-0.25, -0.2) is 4.98 Å². The normalized spacial score (nSPS) is 23.0. The van der Waals surface area contributed by atoms with Gasteiger partial charge in [0.2, 0.25) is 11.9 Å². The lowest BCUT2D eigenvalue weighted by atomic mass is 9.76. The number of aromatic amines is 1. The Morgan fingerprint density at radius 2 is 2.00 bits per heavy atom. The van der Waals surface area contributed by atoms with Crippen LogP contribution in [0.1, 0.15) is 30.5 Å². The van der Waals surface area contributed by atoms with Gasteiger partial charge in [0.05, 0.1) is 5.69 Å². The van der Waals surface area contributed by atoms with Crippen LogP contribution in [-0.4, -0.2) is 46.5 Å². The SMILES string of the molecule is Cl.Cl.Nc1nc2c(c(=O)[nH]1)CCC21CCN(C(=O)C2C=CCN2)CC1. The number of fused-ring (bicyclic) bond motifs is 2. The van der Waals surface area contributed by atoms with E-state index in [4.69, 9.17) is 5.73 Å². The second kappa shape index (κ2) is 7.35. The molecule has 4 rings (SSSR count). The number of nitrogen functional groups attached to an aromatic ring is 1. The molecule has 1 unspecified atom stereocenters. The van der Waals surface area contributed by atoms with E-state index in [1.54, 1.807) is 0 Å². The molecule has 3 heterocycles. The molecule has 1 aromatic heterocycles. The first-order valence-corrected chi connectivity index (χ1v) is 8.17. The molecule has 0 radical (unpaired) electrons. The van der Waals surface area contributed by atoms with Crippen LogP contribution in [0, 0.1) is 0 Å². The largest absolute Gasteiger partial charge is 0.369 e. The molecular weight excluding hydrogens is 365 g/mol. The summed E-state index contributed by atoms with van der Waals surface area (Å²) >= 11 is 0. The molecule has 7 nitrogen and oxygen atoms in total. The molecule has 0 bridgehead atoms. The van der Waals surface area contributed by atoms with E-state index in [1.807, 2.05) is 17.1 Å². The fourth-order valence-corrected chi connectivity index (χ4v) is 4.14. The minimum atomic E-state index is -0.184. The van der Waals surface area contributed by atoms with Gasteiger partial charge in [-0.2, -0.15) is 0 Å². The number of likely N-dealkylation sites (tertiary alicyclic amines) is 1. The maximum absolute atomic E-state index is 12.5. The predicted octanol–water partition coefficient (Wildman–Crippen LogP) is 0.530. The number of anilines is 1. The Kier molecular flexibility index (Phi) is 5.81. The summed E-state index contributed by atoms with van der Waals surface area (Å²) in [6, 6.07) is -0.184. The van der Waals surface area contributed by atoms with Crippen molar-refractivity contribution < 1.29 is 4.79 Å². The Morgan fingerprint density at radius 1 is 1.28 bits per heavy atom. The third-order valence-electron chi connectivity index (χ3n) is 5.47. The fourth-order valence-electron chi connectivity index (χ4n) is 4.14. The molecule has 1 aromatic rings. The Labute approximate surface area is 158 Å². The van der Waals surface area contributed by atoms with E-state index in [-0.39, 0.29) is 53.7 Å². The van der Waals surface area contributed by atoms with Gasteiger partial charge in [0, 0.05) is 30.6 Å². The molecule has 1 atom stereocenters. The van der Waals surface area contributed by atoms with Gasteiger partial charge < -0.3 is 10.6 Å². The highest BCUT2D eigenvalue weighted by atomic mass is 35.5. The first kappa shape index (κ1) is 19.8. The molecule has 1 fully saturated rings. The number of amides is 1. The minimum Gasteiger partial charge on any atom is -0.369 e. The first-order chi connectivity index (χ1) is 11.1. The summed E-state index contributed by atoms with van der Waals surface area (Å²) in [5, 5.41) is 3.17. The number of halogens is 2. The molecule has 138 valence electrons. The van der Waals surface area contributed by atoms with E-state index < -0.39 is 0 Å². The summed E-state index contributed by atoms with van der Waals surface area (Å²) in [6.07, 6.45) is 7.28. The number of nitrogens with zero attached hydrogens (tertiary/aromatic N) is 2. The van der Waals surface area contributed by atoms with Crippen molar-refractivity contribution in [3.63, 3.8) is 0 Å². The summed E-state index contributed by atoms with van der Waals surface area (Å²) < 4.78 is 0. The van der Waals surface area contributed by atoms with Crippen molar-refractivity contribution in [1.29, 1.82) is 0 Å². The van der Waals surface area contributed by atoms with Crippen molar-refractivity contribution in [1.82, 2.24) is 20.2 Å². The van der Waals surface area contributed by atoms with Crippen molar-refractivity contribution in [2.24, 2.45) is 0 Å². The lowest BCUT2D eigenvalue weighted by Gasteiger charge is -2.40. The third kappa shape index (κ3) is 3.28. The van der Waals surface area contributed by atoms with Gasteiger partial charge in [0.1, 0.15) is 6.04 Å². The van der Waals surface area contributed by atoms with Crippen LogP contribution in [0.2, 0.25) is 0 Å². The molecule has 4 N–H and O–H groups in total. The minimum absolute atomic E-state index is 0. The van der Waals surface area contributed by atoms with Gasteiger partial charge in [0.15, 0.2) is 0 Å². The number of piperidine rings is 1. The first-order valence-electron chi connectivity index (χ1n) is 8.17. The Balaban J connectivity index is 0.00000113. The van der Waals surface area contributed by atoms with Gasteiger partial charge in [-0.15, -0.1) is 24.8 Å². The predicted molar refractivity (Wildman–Crippen MR) is 101 cm³/mol. The van der Waals surface area contributed by atoms with Gasteiger partial charge in [-0.1, -0.05) is 12.2 Å². The lowest BCUT2D eigenvalue weighted by molar-refractivity contribution is -0.133. The Bertz CT molecular complexity index is 741. The second-order valence-electron chi connectivity index (χ2n) is 6.70. The zero-order valence-electron chi connectivity index (χ0n) is 13.8. The highest BCUT2D eigenvalue weighted by Gasteiger charge is 2.45.